The van der Waals surface area contributed by atoms with Crippen LogP contribution in [0.2, 0.25) is 0 Å². The van der Waals surface area contributed by atoms with Crippen LogP contribution in [0, 0.1) is 0 Å². The summed E-state index contributed by atoms with van der Waals surface area (Å²) in [5.74, 6) is -0.00371. The first kappa shape index (κ1) is 20.9. The third-order valence-electron chi connectivity index (χ3n) is 5.21. The van der Waals surface area contributed by atoms with Gasteiger partial charge in [0.1, 0.15) is 17.4 Å². The van der Waals surface area contributed by atoms with Crippen molar-refractivity contribution in [3.8, 4) is 5.75 Å². The molecule has 0 radical (unpaired) electrons. The van der Waals surface area contributed by atoms with Crippen molar-refractivity contribution in [3.05, 3.63) is 87.8 Å². The molecule has 0 unspecified atom stereocenters. The third-order valence-corrected chi connectivity index (χ3v) is 6.42. The summed E-state index contributed by atoms with van der Waals surface area (Å²) in [6.45, 7) is 0.505. The number of primary amides is 1. The summed E-state index contributed by atoms with van der Waals surface area (Å²) in [5.41, 5.74) is 9.05. The first-order valence-electron chi connectivity index (χ1n) is 10.3. The van der Waals surface area contributed by atoms with Crippen molar-refractivity contribution in [3.63, 3.8) is 0 Å². The van der Waals surface area contributed by atoms with E-state index in [-0.39, 0.29) is 5.91 Å². The fourth-order valence-electron chi connectivity index (χ4n) is 3.66. The lowest BCUT2D eigenvalue weighted by atomic mass is 9.95. The highest BCUT2D eigenvalue weighted by molar-refractivity contribution is 7.17. The lowest BCUT2D eigenvalue weighted by Gasteiger charge is -2.11. The van der Waals surface area contributed by atoms with Crippen molar-refractivity contribution in [2.24, 2.45) is 5.73 Å². The number of carbonyl (C=O) groups excluding carboxylic acids is 2. The molecular weight excluding hydrogens is 408 g/mol. The zero-order chi connectivity index (χ0) is 21.6. The smallest absolute Gasteiger partial charge is 0.251 e. The summed E-state index contributed by atoms with van der Waals surface area (Å²) in [5, 5.41) is 3.39. The Morgan fingerprint density at radius 3 is 2.52 bits per heavy atom. The molecule has 6 heteroatoms. The fourth-order valence-corrected chi connectivity index (χ4v) is 4.95. The van der Waals surface area contributed by atoms with Crippen LogP contribution in [0.5, 0.6) is 5.75 Å². The van der Waals surface area contributed by atoms with E-state index in [9.17, 15) is 9.59 Å². The Morgan fingerprint density at radius 1 is 1.03 bits per heavy atom. The maximum absolute atomic E-state index is 12.4. The lowest BCUT2D eigenvalue weighted by Crippen LogP contribution is -2.17. The average molecular weight is 433 g/mol. The summed E-state index contributed by atoms with van der Waals surface area (Å²) in [4.78, 5) is 25.5. The predicted molar refractivity (Wildman–Crippen MR) is 124 cm³/mol. The van der Waals surface area contributed by atoms with Crippen molar-refractivity contribution < 1.29 is 14.3 Å². The quantitative estimate of drug-likeness (QED) is 0.518. The second-order valence-electron chi connectivity index (χ2n) is 7.45. The largest absolute Gasteiger partial charge is 0.489 e. The summed E-state index contributed by atoms with van der Waals surface area (Å²) in [6.07, 6.45) is 7.11. The second kappa shape index (κ2) is 9.62. The number of nitrogens with two attached hydrogens (primary N) is 1. The van der Waals surface area contributed by atoms with Gasteiger partial charge in [0.05, 0.1) is 5.56 Å². The molecule has 5 nitrogen and oxygen atoms in total. The van der Waals surface area contributed by atoms with Crippen LogP contribution in [-0.2, 0) is 24.2 Å². The van der Waals surface area contributed by atoms with E-state index in [0.29, 0.717) is 17.2 Å². The summed E-state index contributed by atoms with van der Waals surface area (Å²) >= 11 is 1.46. The monoisotopic (exact) mass is 432 g/mol. The zero-order valence-corrected chi connectivity index (χ0v) is 17.9. The molecule has 31 heavy (non-hydrogen) atoms. The van der Waals surface area contributed by atoms with E-state index in [1.165, 1.54) is 17.4 Å². The van der Waals surface area contributed by atoms with Gasteiger partial charge in [-0.15, -0.1) is 11.3 Å². The van der Waals surface area contributed by atoms with Crippen molar-refractivity contribution in [1.29, 1.82) is 0 Å². The molecule has 1 aliphatic rings. The van der Waals surface area contributed by atoms with E-state index in [4.69, 9.17) is 10.5 Å². The fraction of sp³-hybridized carbons (Fsp3) is 0.200. The predicted octanol–water partition coefficient (Wildman–Crippen LogP) is 4.96. The number of nitrogens with one attached hydrogen (secondary N) is 1. The van der Waals surface area contributed by atoms with Gasteiger partial charge in [0.2, 0.25) is 5.91 Å². The molecule has 0 saturated heterocycles. The number of amides is 2. The molecule has 0 bridgehead atoms. The number of anilines is 1. The van der Waals surface area contributed by atoms with Crippen molar-refractivity contribution >= 4 is 34.2 Å². The van der Waals surface area contributed by atoms with E-state index < -0.39 is 5.91 Å². The number of hydrogen-bond donors (Lipinski definition) is 2. The molecule has 2 amide bonds. The summed E-state index contributed by atoms with van der Waals surface area (Å²) in [7, 11) is 0. The number of benzene rings is 2. The topological polar surface area (TPSA) is 81.4 Å². The van der Waals surface area contributed by atoms with E-state index in [2.05, 4.69) is 5.32 Å². The number of thiophene rings is 1. The van der Waals surface area contributed by atoms with Gasteiger partial charge in [-0.3, -0.25) is 9.59 Å². The Morgan fingerprint density at radius 2 is 1.77 bits per heavy atom. The van der Waals surface area contributed by atoms with Gasteiger partial charge in [0, 0.05) is 11.0 Å². The molecule has 1 aromatic heterocycles. The first-order chi connectivity index (χ1) is 15.1. The van der Waals surface area contributed by atoms with Gasteiger partial charge >= 0.3 is 0 Å². The van der Waals surface area contributed by atoms with Gasteiger partial charge < -0.3 is 15.8 Å². The van der Waals surface area contributed by atoms with Crippen LogP contribution < -0.4 is 15.8 Å². The second-order valence-corrected chi connectivity index (χ2v) is 8.55. The Kier molecular flexibility index (Phi) is 6.48. The maximum Gasteiger partial charge on any atom is 0.251 e. The molecule has 2 aromatic carbocycles. The summed E-state index contributed by atoms with van der Waals surface area (Å²) in [6, 6.07) is 17.5. The van der Waals surface area contributed by atoms with E-state index in [1.54, 1.807) is 6.08 Å². The normalized spacial score (nSPS) is 13.0. The molecule has 0 atom stereocenters. The van der Waals surface area contributed by atoms with Gasteiger partial charge in [0.25, 0.3) is 5.91 Å². The van der Waals surface area contributed by atoms with E-state index >= 15 is 0 Å². The van der Waals surface area contributed by atoms with E-state index in [1.807, 2.05) is 54.6 Å². The summed E-state index contributed by atoms with van der Waals surface area (Å²) < 4.78 is 5.78. The highest BCUT2D eigenvalue weighted by Gasteiger charge is 2.24. The molecule has 3 N–H and O–H groups in total. The van der Waals surface area contributed by atoms with Gasteiger partial charge in [-0.1, -0.05) is 42.5 Å². The van der Waals surface area contributed by atoms with Crippen LogP contribution in [0.15, 0.2) is 60.7 Å². The highest BCUT2D eigenvalue weighted by atomic mass is 32.1. The minimum Gasteiger partial charge on any atom is -0.489 e. The van der Waals surface area contributed by atoms with Gasteiger partial charge in [0.15, 0.2) is 0 Å². The Hall–Kier alpha value is -3.38. The highest BCUT2D eigenvalue weighted by Crippen LogP contribution is 2.37. The molecule has 1 heterocycles. The number of aryl methyl sites for hydroxylation is 1. The average Bonchev–Trinajstić information content (AvgIpc) is 3.15. The number of rotatable bonds is 7. The minimum atomic E-state index is -0.482. The molecule has 4 rings (SSSR count). The molecule has 3 aromatic rings. The molecule has 0 spiro atoms. The Balaban J connectivity index is 1.37. The van der Waals surface area contributed by atoms with Gasteiger partial charge in [-0.25, -0.2) is 0 Å². The molecule has 158 valence electrons. The minimum absolute atomic E-state index is 0.287. The number of fused-ring (bicyclic) bond motifs is 1. The van der Waals surface area contributed by atoms with Crippen LogP contribution in [0.1, 0.15) is 44.8 Å². The first-order valence-corrected chi connectivity index (χ1v) is 11.1. The van der Waals surface area contributed by atoms with Gasteiger partial charge in [-0.2, -0.15) is 0 Å². The van der Waals surface area contributed by atoms with Crippen LogP contribution in [-0.4, -0.2) is 11.8 Å². The molecular formula is C25H24N2O3S. The lowest BCUT2D eigenvalue weighted by molar-refractivity contribution is -0.111. The van der Waals surface area contributed by atoms with Crippen LogP contribution in [0.3, 0.4) is 0 Å². The van der Waals surface area contributed by atoms with Crippen molar-refractivity contribution in [2.75, 3.05) is 5.32 Å². The Bertz CT molecular complexity index is 1100. The van der Waals surface area contributed by atoms with Crippen LogP contribution in [0.4, 0.5) is 5.00 Å². The van der Waals surface area contributed by atoms with Crippen molar-refractivity contribution in [2.45, 2.75) is 32.3 Å². The number of hydrogen-bond acceptors (Lipinski definition) is 4. The zero-order valence-electron chi connectivity index (χ0n) is 17.1. The number of ether oxygens (including phenoxy) is 1. The Labute approximate surface area is 185 Å². The van der Waals surface area contributed by atoms with E-state index in [0.717, 1.165) is 53.0 Å². The number of carbonyl (C=O) groups is 2. The third kappa shape index (κ3) is 5.22. The van der Waals surface area contributed by atoms with Crippen molar-refractivity contribution in [1.82, 2.24) is 0 Å². The molecule has 0 aliphatic heterocycles. The van der Waals surface area contributed by atoms with Gasteiger partial charge in [-0.05, 0) is 60.6 Å². The SMILES string of the molecule is NC(=O)c1c(NC(=O)C=Cc2ccc(OCc3ccccc3)cc2)sc2c1CCCC2. The molecule has 0 saturated carbocycles. The van der Waals surface area contributed by atoms with Crippen LogP contribution in [0.25, 0.3) is 6.08 Å². The standard InChI is InChI=1S/C25H24N2O3S/c26-24(29)23-20-8-4-5-9-21(20)31-25(23)27-22(28)15-12-17-10-13-19(14-11-17)30-16-18-6-2-1-3-7-18/h1-3,6-7,10-15H,4-5,8-9,16H2,(H2,26,29)(H,27,28). The van der Waals surface area contributed by atoms with Crippen LogP contribution >= 0.6 is 11.3 Å². The molecule has 1 aliphatic carbocycles. The molecule has 0 fully saturated rings. The maximum atomic E-state index is 12.4.